The van der Waals surface area contributed by atoms with Gasteiger partial charge in [0.25, 0.3) is 0 Å². The van der Waals surface area contributed by atoms with Crippen LogP contribution in [0.3, 0.4) is 0 Å². The highest BCUT2D eigenvalue weighted by atomic mass is 16.5. The van der Waals surface area contributed by atoms with E-state index in [2.05, 4.69) is 41.4 Å². The number of benzene rings is 2. The van der Waals surface area contributed by atoms with Crippen LogP contribution in [0.5, 0.6) is 5.75 Å². The average Bonchev–Trinajstić information content (AvgIpc) is 3.30. The van der Waals surface area contributed by atoms with Gasteiger partial charge in [0.15, 0.2) is 0 Å². The highest BCUT2D eigenvalue weighted by molar-refractivity contribution is 6.01. The molecular weight excluding hydrogens is 416 g/mol. The summed E-state index contributed by atoms with van der Waals surface area (Å²) in [5.74, 6) is 0.721. The molecule has 1 N–H and O–H groups in total. The van der Waals surface area contributed by atoms with E-state index in [0.29, 0.717) is 23.8 Å². The molecule has 2 aromatic heterocycles. The first-order chi connectivity index (χ1) is 16.2. The van der Waals surface area contributed by atoms with Gasteiger partial charge in [-0.2, -0.15) is 0 Å². The molecule has 6 nitrogen and oxygen atoms in total. The third kappa shape index (κ3) is 5.13. The number of fused-ring (bicyclic) bond motifs is 2. The minimum atomic E-state index is -0.379. The molecule has 0 spiro atoms. The Bertz CT molecular complexity index is 1270. The number of ether oxygens (including phenoxy) is 1. The molecule has 0 bridgehead atoms. The average molecular weight is 447 g/mol. The SMILES string of the molecule is Cc1ccc(CNC2CCN(CCCOc3c4ccoc4cc4oc(=O)ccc34)CC2)cc1. The number of nitrogens with one attached hydrogen (secondary N) is 1. The van der Waals surface area contributed by atoms with Gasteiger partial charge in [0.1, 0.15) is 16.9 Å². The Balaban J connectivity index is 1.10. The summed E-state index contributed by atoms with van der Waals surface area (Å²) in [6.07, 6.45) is 4.91. The Morgan fingerprint density at radius 1 is 1.03 bits per heavy atom. The number of furan rings is 1. The number of nitrogens with zero attached hydrogens (tertiary/aromatic N) is 1. The fourth-order valence-electron chi connectivity index (χ4n) is 4.56. The minimum Gasteiger partial charge on any atom is -0.492 e. The van der Waals surface area contributed by atoms with E-state index in [1.165, 1.54) is 30.0 Å². The maximum Gasteiger partial charge on any atom is 0.336 e. The van der Waals surface area contributed by atoms with Gasteiger partial charge in [0.05, 0.1) is 23.6 Å². The quantitative estimate of drug-likeness (QED) is 0.308. The first-order valence-corrected chi connectivity index (χ1v) is 11.7. The first-order valence-electron chi connectivity index (χ1n) is 11.7. The summed E-state index contributed by atoms with van der Waals surface area (Å²) in [5.41, 5.74) is 3.42. The smallest absolute Gasteiger partial charge is 0.336 e. The van der Waals surface area contributed by atoms with Crippen molar-refractivity contribution >= 4 is 21.9 Å². The maximum absolute atomic E-state index is 11.6. The number of piperidine rings is 1. The number of aryl methyl sites for hydroxylation is 1. The van der Waals surface area contributed by atoms with Gasteiger partial charge in [-0.1, -0.05) is 29.8 Å². The largest absolute Gasteiger partial charge is 0.492 e. The van der Waals surface area contributed by atoms with E-state index in [0.717, 1.165) is 49.1 Å². The molecule has 1 aliphatic rings. The van der Waals surface area contributed by atoms with Gasteiger partial charge in [-0.25, -0.2) is 4.79 Å². The summed E-state index contributed by atoms with van der Waals surface area (Å²) in [4.78, 5) is 14.1. The van der Waals surface area contributed by atoms with Crippen LogP contribution in [0.4, 0.5) is 0 Å². The second-order valence-electron chi connectivity index (χ2n) is 8.89. The number of hydrogen-bond acceptors (Lipinski definition) is 6. The van der Waals surface area contributed by atoms with Crippen LogP contribution in [0.1, 0.15) is 30.4 Å². The molecule has 5 rings (SSSR count). The topological polar surface area (TPSA) is 67.8 Å². The van der Waals surface area contributed by atoms with E-state index < -0.39 is 0 Å². The molecule has 0 atom stereocenters. The molecule has 6 heteroatoms. The molecule has 0 aliphatic carbocycles. The molecule has 2 aromatic carbocycles. The maximum atomic E-state index is 11.6. The molecule has 1 fully saturated rings. The Kier molecular flexibility index (Phi) is 6.46. The van der Waals surface area contributed by atoms with Gasteiger partial charge in [0.2, 0.25) is 0 Å². The monoisotopic (exact) mass is 446 g/mol. The van der Waals surface area contributed by atoms with Crippen molar-refractivity contribution in [2.24, 2.45) is 0 Å². The van der Waals surface area contributed by atoms with Crippen LogP contribution < -0.4 is 15.7 Å². The van der Waals surface area contributed by atoms with Crippen LogP contribution >= 0.6 is 0 Å². The normalized spacial score (nSPS) is 15.4. The van der Waals surface area contributed by atoms with E-state index in [1.54, 1.807) is 18.4 Å². The Morgan fingerprint density at radius 2 is 1.82 bits per heavy atom. The lowest BCUT2D eigenvalue weighted by Gasteiger charge is -2.32. The Labute approximate surface area is 193 Å². The minimum absolute atomic E-state index is 0.379. The summed E-state index contributed by atoms with van der Waals surface area (Å²) in [6, 6.07) is 16.2. The molecule has 0 amide bonds. The van der Waals surface area contributed by atoms with Gasteiger partial charge in [-0.15, -0.1) is 0 Å². The molecule has 1 saturated heterocycles. The number of rotatable bonds is 8. The van der Waals surface area contributed by atoms with Crippen molar-refractivity contribution in [1.82, 2.24) is 10.2 Å². The third-order valence-corrected chi connectivity index (χ3v) is 6.48. The van der Waals surface area contributed by atoms with Crippen LogP contribution in [-0.2, 0) is 6.54 Å². The van der Waals surface area contributed by atoms with Crippen LogP contribution in [0.2, 0.25) is 0 Å². The van der Waals surface area contributed by atoms with E-state index in [1.807, 2.05) is 6.07 Å². The van der Waals surface area contributed by atoms with Gasteiger partial charge in [0, 0.05) is 31.3 Å². The number of likely N-dealkylation sites (tertiary alicyclic amines) is 1. The summed E-state index contributed by atoms with van der Waals surface area (Å²) in [5, 5.41) is 5.41. The van der Waals surface area contributed by atoms with E-state index >= 15 is 0 Å². The van der Waals surface area contributed by atoms with E-state index in [-0.39, 0.29) is 5.63 Å². The zero-order valence-corrected chi connectivity index (χ0v) is 19.0. The number of hydrogen-bond donors (Lipinski definition) is 1. The highest BCUT2D eigenvalue weighted by Gasteiger charge is 2.19. The fourth-order valence-corrected chi connectivity index (χ4v) is 4.56. The van der Waals surface area contributed by atoms with Crippen molar-refractivity contribution in [1.29, 1.82) is 0 Å². The second kappa shape index (κ2) is 9.81. The third-order valence-electron chi connectivity index (χ3n) is 6.48. The van der Waals surface area contributed by atoms with Crippen LogP contribution in [0.15, 0.2) is 68.4 Å². The van der Waals surface area contributed by atoms with E-state index in [4.69, 9.17) is 13.6 Å². The van der Waals surface area contributed by atoms with Gasteiger partial charge < -0.3 is 23.8 Å². The molecule has 3 heterocycles. The van der Waals surface area contributed by atoms with Crippen LogP contribution in [0, 0.1) is 6.92 Å². The van der Waals surface area contributed by atoms with Crippen molar-refractivity contribution in [2.75, 3.05) is 26.2 Å². The predicted octanol–water partition coefficient (Wildman–Crippen LogP) is 4.87. The zero-order chi connectivity index (χ0) is 22.6. The lowest BCUT2D eigenvalue weighted by molar-refractivity contribution is 0.182. The lowest BCUT2D eigenvalue weighted by Crippen LogP contribution is -2.42. The molecule has 0 unspecified atom stereocenters. The van der Waals surface area contributed by atoms with E-state index in [9.17, 15) is 4.79 Å². The van der Waals surface area contributed by atoms with Crippen molar-refractivity contribution in [3.05, 3.63) is 76.3 Å². The van der Waals surface area contributed by atoms with Gasteiger partial charge >= 0.3 is 5.63 Å². The molecule has 0 radical (unpaired) electrons. The van der Waals surface area contributed by atoms with Crippen molar-refractivity contribution in [2.45, 2.75) is 38.8 Å². The molecule has 172 valence electrons. The standard InChI is InChI=1S/C27H30N2O4/c1-19-3-5-20(6-4-19)18-28-21-9-13-29(14-10-21)12-2-15-32-27-22-7-8-26(30)33-25(22)17-24-23(27)11-16-31-24/h3-8,11,16-17,21,28H,2,9-10,12-15,18H2,1H3. The van der Waals surface area contributed by atoms with Crippen LogP contribution in [0.25, 0.3) is 21.9 Å². The fraction of sp³-hybridized carbons (Fsp3) is 0.370. The Morgan fingerprint density at radius 3 is 2.64 bits per heavy atom. The van der Waals surface area contributed by atoms with Gasteiger partial charge in [-0.3, -0.25) is 0 Å². The lowest BCUT2D eigenvalue weighted by atomic mass is 10.0. The molecule has 1 aliphatic heterocycles. The molecule has 33 heavy (non-hydrogen) atoms. The summed E-state index contributed by atoms with van der Waals surface area (Å²) >= 11 is 0. The van der Waals surface area contributed by atoms with Gasteiger partial charge in [-0.05, 0) is 57.0 Å². The summed E-state index contributed by atoms with van der Waals surface area (Å²) < 4.78 is 17.0. The summed E-state index contributed by atoms with van der Waals surface area (Å²) in [6.45, 7) is 6.89. The first kappa shape index (κ1) is 21.7. The van der Waals surface area contributed by atoms with Crippen molar-refractivity contribution in [3.8, 4) is 5.75 Å². The highest BCUT2D eigenvalue weighted by Crippen LogP contribution is 2.35. The van der Waals surface area contributed by atoms with Crippen LogP contribution in [-0.4, -0.2) is 37.2 Å². The molecular formula is C27H30N2O4. The molecule has 4 aromatic rings. The molecule has 0 saturated carbocycles. The Hall–Kier alpha value is -3.09. The predicted molar refractivity (Wildman–Crippen MR) is 130 cm³/mol. The van der Waals surface area contributed by atoms with Crippen molar-refractivity contribution in [3.63, 3.8) is 0 Å². The van der Waals surface area contributed by atoms with Crippen molar-refractivity contribution < 1.29 is 13.6 Å². The summed E-state index contributed by atoms with van der Waals surface area (Å²) in [7, 11) is 0. The zero-order valence-electron chi connectivity index (χ0n) is 19.0. The second-order valence-corrected chi connectivity index (χ2v) is 8.89.